The van der Waals surface area contributed by atoms with Crippen molar-refractivity contribution in [1.29, 1.82) is 0 Å². The number of hydrogen-bond donors (Lipinski definition) is 3. The molecule has 5 aliphatic rings. The molecule has 2 aromatic rings. The number of amides is 4. The summed E-state index contributed by atoms with van der Waals surface area (Å²) < 4.78 is 32.2. The van der Waals surface area contributed by atoms with Gasteiger partial charge in [0.15, 0.2) is 0 Å². The number of anilines is 2. The van der Waals surface area contributed by atoms with Gasteiger partial charge in [0.2, 0.25) is 27.7 Å². The van der Waals surface area contributed by atoms with E-state index in [0.717, 1.165) is 31.2 Å². The van der Waals surface area contributed by atoms with Gasteiger partial charge in [-0.1, -0.05) is 49.3 Å². The first-order chi connectivity index (χ1) is 25.9. The minimum atomic E-state index is -3.55. The van der Waals surface area contributed by atoms with Gasteiger partial charge in [0, 0.05) is 38.5 Å². The molecule has 0 radical (unpaired) electrons. The molecule has 0 spiro atoms. The quantitative estimate of drug-likeness (QED) is 0.127. The number of unbranched alkanes of at least 4 members (excludes halogenated alkanes) is 3. The molecule has 7 rings (SSSR count). The number of likely N-dealkylation sites (tertiary alicyclic amines) is 1. The fourth-order valence-electron chi connectivity index (χ4n) is 7.72. The van der Waals surface area contributed by atoms with E-state index in [9.17, 15) is 37.2 Å². The Bertz CT molecular complexity index is 2000. The van der Waals surface area contributed by atoms with Gasteiger partial charge < -0.3 is 30.5 Å². The minimum Gasteiger partial charge on any atom is -0.444 e. The zero-order valence-corrected chi connectivity index (χ0v) is 31.1. The van der Waals surface area contributed by atoms with Crippen LogP contribution in [0.1, 0.15) is 75.3 Å². The number of primary amides is 1. The second-order valence-corrected chi connectivity index (χ2v) is 17.3. The number of sulfonamides is 1. The van der Waals surface area contributed by atoms with Crippen molar-refractivity contribution in [1.82, 2.24) is 14.5 Å². The van der Waals surface area contributed by atoms with Gasteiger partial charge >= 0.3 is 6.09 Å². The van der Waals surface area contributed by atoms with E-state index in [-0.39, 0.29) is 36.2 Å². The van der Waals surface area contributed by atoms with Crippen LogP contribution in [0.2, 0.25) is 0 Å². The van der Waals surface area contributed by atoms with Crippen LogP contribution in [0.5, 0.6) is 0 Å². The maximum atomic E-state index is 14.2. The van der Waals surface area contributed by atoms with E-state index in [1.54, 1.807) is 4.90 Å². The lowest BCUT2D eigenvalue weighted by Gasteiger charge is -2.36. The standard InChI is InChI=1S/C38H48N6O9S/c39-35(47)30-20-26(53-38(50)43-18-15-23-9-6-7-11-25(23)21-43)22-44(30)37(49)29(40-31-32(34(46)33(31)45)42-16-8-17-42)12-5-3-1-2-4-10-24-19-28(24)36(48)41-54(51,52)27-13-14-27/h4,6-7,9-11,24,26-30,40H,1-3,5,8,12-22H2,(H2,39,47)(H,41,48)/b10-4-/t24-,26-,28+,29+,30+/m1/s1. The van der Waals surface area contributed by atoms with Crippen LogP contribution in [-0.4, -0.2) is 91.6 Å². The number of ether oxygens (including phenoxy) is 1. The highest BCUT2D eigenvalue weighted by Crippen LogP contribution is 2.40. The molecule has 4 fully saturated rings. The number of nitrogens with zero attached hydrogens (tertiary/aromatic N) is 3. The normalized spacial score (nSPS) is 24.2. The molecule has 3 aliphatic heterocycles. The molecule has 0 bridgehead atoms. The summed E-state index contributed by atoms with van der Waals surface area (Å²) in [4.78, 5) is 82.4. The van der Waals surface area contributed by atoms with Gasteiger partial charge in [-0.2, -0.15) is 0 Å². The van der Waals surface area contributed by atoms with Gasteiger partial charge in [0.25, 0.3) is 10.9 Å². The Morgan fingerprint density at radius 3 is 2.44 bits per heavy atom. The lowest BCUT2D eigenvalue weighted by molar-refractivity contribution is -0.138. The smallest absolute Gasteiger partial charge is 0.410 e. The average molecular weight is 765 g/mol. The van der Waals surface area contributed by atoms with Crippen molar-refractivity contribution < 1.29 is 32.3 Å². The van der Waals surface area contributed by atoms with Gasteiger partial charge in [-0.3, -0.25) is 28.7 Å². The van der Waals surface area contributed by atoms with E-state index in [1.165, 1.54) is 10.5 Å². The lowest BCUT2D eigenvalue weighted by atomic mass is 10.0. The Hall–Kier alpha value is -4.73. The number of carbonyl (C=O) groups excluding carboxylic acids is 4. The molecule has 2 saturated carbocycles. The molecule has 0 aromatic heterocycles. The van der Waals surface area contributed by atoms with Crippen molar-refractivity contribution in [2.45, 2.75) is 101 Å². The Balaban J connectivity index is 0.944. The molecule has 16 heteroatoms. The zero-order valence-electron chi connectivity index (χ0n) is 30.2. The Morgan fingerprint density at radius 1 is 0.981 bits per heavy atom. The lowest BCUT2D eigenvalue weighted by Crippen LogP contribution is -2.53. The average Bonchev–Trinajstić information content (AvgIpc) is 4.07. The molecule has 2 saturated heterocycles. The molecule has 15 nitrogen and oxygen atoms in total. The number of benzene rings is 1. The van der Waals surface area contributed by atoms with Gasteiger partial charge in [0.05, 0.1) is 11.8 Å². The summed E-state index contributed by atoms with van der Waals surface area (Å²) in [5.74, 6) is -1.94. The molecule has 2 aliphatic carbocycles. The summed E-state index contributed by atoms with van der Waals surface area (Å²) in [5.41, 5.74) is 7.12. The highest BCUT2D eigenvalue weighted by Gasteiger charge is 2.46. The number of carbonyl (C=O) groups is 4. The Kier molecular flexibility index (Phi) is 10.8. The molecule has 4 amide bonds. The summed E-state index contributed by atoms with van der Waals surface area (Å²) in [7, 11) is -3.55. The third kappa shape index (κ3) is 8.17. The molecule has 3 heterocycles. The van der Waals surface area contributed by atoms with Crippen LogP contribution in [0.3, 0.4) is 0 Å². The van der Waals surface area contributed by atoms with Crippen molar-refractivity contribution in [2.24, 2.45) is 17.6 Å². The van der Waals surface area contributed by atoms with E-state index in [0.29, 0.717) is 64.7 Å². The van der Waals surface area contributed by atoms with E-state index >= 15 is 0 Å². The fraction of sp³-hybridized carbons (Fsp3) is 0.579. The number of hydrogen-bond acceptors (Lipinski definition) is 11. The van der Waals surface area contributed by atoms with Crippen LogP contribution >= 0.6 is 0 Å². The highest BCUT2D eigenvalue weighted by atomic mass is 32.2. The topological polar surface area (TPSA) is 206 Å². The SMILES string of the molecule is NC(=O)[C@@H]1C[C@@H](OC(=O)N2CCc3ccccc3C2)CN1C(=O)[C@H](CCCCC/C=C\[C@@H]1C[C@@H]1C(=O)NS(=O)(=O)C1CC1)Nc1c(N2CCC2)c(=O)c1=O. The Labute approximate surface area is 314 Å². The van der Waals surface area contributed by atoms with Crippen LogP contribution in [0.15, 0.2) is 46.0 Å². The van der Waals surface area contributed by atoms with Crippen molar-refractivity contribution in [2.75, 3.05) is 36.4 Å². The second kappa shape index (κ2) is 15.6. The fourth-order valence-corrected chi connectivity index (χ4v) is 9.07. The maximum Gasteiger partial charge on any atom is 0.410 e. The molecule has 5 atom stereocenters. The molecular weight excluding hydrogens is 717 g/mol. The van der Waals surface area contributed by atoms with Gasteiger partial charge in [-0.15, -0.1) is 0 Å². The van der Waals surface area contributed by atoms with Crippen LogP contribution in [0.25, 0.3) is 0 Å². The van der Waals surface area contributed by atoms with Crippen LogP contribution in [-0.2, 0) is 42.1 Å². The van der Waals surface area contributed by atoms with E-state index < -0.39 is 68.1 Å². The molecule has 2 aromatic carbocycles. The molecular formula is C38H48N6O9S. The number of fused-ring (bicyclic) bond motifs is 1. The van der Waals surface area contributed by atoms with Gasteiger partial charge in [-0.25, -0.2) is 13.2 Å². The van der Waals surface area contributed by atoms with Crippen molar-refractivity contribution in [3.05, 3.63) is 68.0 Å². The first kappa shape index (κ1) is 37.6. The summed E-state index contributed by atoms with van der Waals surface area (Å²) in [6.45, 7) is 2.13. The summed E-state index contributed by atoms with van der Waals surface area (Å²) in [5, 5.41) is 2.62. The van der Waals surface area contributed by atoms with Crippen LogP contribution in [0, 0.1) is 11.8 Å². The predicted molar refractivity (Wildman–Crippen MR) is 200 cm³/mol. The van der Waals surface area contributed by atoms with Crippen LogP contribution < -0.4 is 31.5 Å². The number of nitrogens with two attached hydrogens (primary N) is 1. The first-order valence-corrected chi connectivity index (χ1v) is 20.6. The van der Waals surface area contributed by atoms with Crippen LogP contribution in [0.4, 0.5) is 16.2 Å². The second-order valence-electron chi connectivity index (χ2n) is 15.3. The zero-order chi connectivity index (χ0) is 38.1. The van der Waals surface area contributed by atoms with Gasteiger partial charge in [0.1, 0.15) is 29.6 Å². The molecule has 54 heavy (non-hydrogen) atoms. The van der Waals surface area contributed by atoms with Crippen molar-refractivity contribution >= 4 is 45.2 Å². The molecule has 0 unspecified atom stereocenters. The minimum absolute atomic E-state index is 0.0144. The van der Waals surface area contributed by atoms with E-state index in [2.05, 4.69) is 10.0 Å². The highest BCUT2D eigenvalue weighted by molar-refractivity contribution is 7.90. The largest absolute Gasteiger partial charge is 0.444 e. The van der Waals surface area contributed by atoms with E-state index in [1.807, 2.05) is 41.3 Å². The van der Waals surface area contributed by atoms with Crippen molar-refractivity contribution in [3.63, 3.8) is 0 Å². The molecule has 290 valence electrons. The first-order valence-electron chi connectivity index (χ1n) is 19.1. The third-order valence-corrected chi connectivity index (χ3v) is 13.2. The van der Waals surface area contributed by atoms with E-state index in [4.69, 9.17) is 10.5 Å². The Morgan fingerprint density at radius 2 is 1.74 bits per heavy atom. The summed E-state index contributed by atoms with van der Waals surface area (Å²) in [6.07, 6.45) is 9.22. The number of rotatable bonds is 16. The summed E-state index contributed by atoms with van der Waals surface area (Å²) in [6, 6.07) is 5.94. The third-order valence-electron chi connectivity index (χ3n) is 11.3. The predicted octanol–water partition coefficient (Wildman–Crippen LogP) is 1.67. The van der Waals surface area contributed by atoms with Gasteiger partial charge in [-0.05, 0) is 68.4 Å². The summed E-state index contributed by atoms with van der Waals surface area (Å²) >= 11 is 0. The molecule has 4 N–H and O–H groups in total. The number of nitrogens with one attached hydrogen (secondary N) is 2. The van der Waals surface area contributed by atoms with Crippen molar-refractivity contribution in [3.8, 4) is 0 Å². The monoisotopic (exact) mass is 764 g/mol. The number of allylic oxidation sites excluding steroid dienone is 2. The maximum absolute atomic E-state index is 14.2.